The van der Waals surface area contributed by atoms with Crippen LogP contribution in [0.3, 0.4) is 0 Å². The van der Waals surface area contributed by atoms with Gasteiger partial charge in [0.05, 0.1) is 6.54 Å². The highest BCUT2D eigenvalue weighted by molar-refractivity contribution is 8.01. The lowest BCUT2D eigenvalue weighted by Crippen LogP contribution is -2.71. The van der Waals surface area contributed by atoms with Crippen molar-refractivity contribution in [3.63, 3.8) is 0 Å². The highest BCUT2D eigenvalue weighted by Crippen LogP contribution is 2.41. The maximum Gasteiger partial charge on any atom is 0.352 e. The molecule has 38 heavy (non-hydrogen) atoms. The largest absolute Gasteiger partial charge is 0.477 e. The number of anilines is 1. The first kappa shape index (κ1) is 27.3. The summed E-state index contributed by atoms with van der Waals surface area (Å²) >= 11 is 3.66. The quantitative estimate of drug-likeness (QED) is 0.0727. The summed E-state index contributed by atoms with van der Waals surface area (Å²) in [6.45, 7) is 5.91. The minimum atomic E-state index is -1.24. The molecule has 4 rings (SSSR count). The molecule has 2 aliphatic rings. The molecule has 2 atom stereocenters. The molecule has 1 fully saturated rings. The Bertz CT molecular complexity index is 1320. The predicted octanol–water partition coefficient (Wildman–Crippen LogP) is 0.155. The van der Waals surface area contributed by atoms with E-state index in [1.165, 1.54) is 38.5 Å². The summed E-state index contributed by atoms with van der Waals surface area (Å²) in [5, 5.41) is 31.8. The van der Waals surface area contributed by atoms with E-state index >= 15 is 0 Å². The molecule has 0 spiro atoms. The van der Waals surface area contributed by atoms with Crippen molar-refractivity contribution >= 4 is 69.9 Å². The van der Waals surface area contributed by atoms with Gasteiger partial charge in [0, 0.05) is 16.9 Å². The molecule has 2 aliphatic heterocycles. The van der Waals surface area contributed by atoms with Gasteiger partial charge in [-0.15, -0.1) is 34.8 Å². The Morgan fingerprint density at radius 1 is 1.45 bits per heavy atom. The first-order valence-corrected chi connectivity index (χ1v) is 13.9. The van der Waals surface area contributed by atoms with Crippen LogP contribution in [0.5, 0.6) is 0 Å². The molecular formula is C20H21N9O6S3. The summed E-state index contributed by atoms with van der Waals surface area (Å²) in [5.74, 6) is -1.96. The van der Waals surface area contributed by atoms with Crippen molar-refractivity contribution in [2.24, 2.45) is 5.16 Å². The molecule has 15 nitrogen and oxygen atoms in total. The second-order valence-corrected chi connectivity index (χ2v) is 10.4. The van der Waals surface area contributed by atoms with E-state index in [-0.39, 0.29) is 34.6 Å². The van der Waals surface area contributed by atoms with Crippen molar-refractivity contribution in [2.75, 3.05) is 23.4 Å². The van der Waals surface area contributed by atoms with Gasteiger partial charge in [0.15, 0.2) is 10.8 Å². The van der Waals surface area contributed by atoms with Gasteiger partial charge in [-0.3, -0.25) is 19.3 Å². The molecule has 1 saturated heterocycles. The van der Waals surface area contributed by atoms with Crippen LogP contribution in [0.25, 0.3) is 0 Å². The summed E-state index contributed by atoms with van der Waals surface area (Å²) in [6, 6.07) is -0.978. The van der Waals surface area contributed by atoms with Crippen LogP contribution < -0.4 is 10.6 Å². The number of thioether (sulfide) groups is 2. The number of rotatable bonds is 13. The third kappa shape index (κ3) is 5.55. The van der Waals surface area contributed by atoms with Crippen molar-refractivity contribution < 1.29 is 29.1 Å². The number of carbonyl (C=O) groups excluding carboxylic acids is 3. The number of β-lactam (4-membered cyclic amide) rings is 1. The SMILES string of the molecule is C=CCn1nnnc1SCC1=C(C(=O)O)N2C(=O)C(NC(=O)/C(=N\OCC)c3csc(NC=O)n3)[C@H]2SC1. The first-order valence-electron chi connectivity index (χ1n) is 11.0. The summed E-state index contributed by atoms with van der Waals surface area (Å²) in [4.78, 5) is 59.3. The number of carbonyl (C=O) groups is 4. The van der Waals surface area contributed by atoms with Gasteiger partial charge < -0.3 is 20.6 Å². The standard InChI is InChI=1S/C20H21N9O6S3/c1-3-5-28-20(24-26-27-28)38-7-10-6-36-17-13(16(32)29(17)14(10)18(33)34)23-15(31)12(25-35-4-2)11-8-37-19(22-11)21-9-30/h3,8-9,13,17H,1,4-7H2,2H3,(H,23,31)(H,33,34)(H,21,22,30)/b25-12-/t13?,17-/m1/s1. The molecule has 0 aromatic carbocycles. The Morgan fingerprint density at radius 2 is 2.26 bits per heavy atom. The Kier molecular flexibility index (Phi) is 8.74. The minimum Gasteiger partial charge on any atom is -0.477 e. The molecule has 4 heterocycles. The molecule has 3 N–H and O–H groups in total. The highest BCUT2D eigenvalue weighted by atomic mass is 32.2. The summed E-state index contributed by atoms with van der Waals surface area (Å²) in [5.41, 5.74) is 0.380. The fraction of sp³-hybridized carbons (Fsp3) is 0.350. The van der Waals surface area contributed by atoms with E-state index in [2.05, 4.69) is 42.9 Å². The number of aliphatic carboxylic acids is 1. The topological polar surface area (TPSA) is 194 Å². The fourth-order valence-electron chi connectivity index (χ4n) is 3.53. The molecule has 2 aromatic heterocycles. The van der Waals surface area contributed by atoms with Crippen molar-refractivity contribution in [3.05, 3.63) is 35.0 Å². The van der Waals surface area contributed by atoms with E-state index in [9.17, 15) is 24.3 Å². The maximum absolute atomic E-state index is 13.1. The van der Waals surface area contributed by atoms with E-state index in [0.29, 0.717) is 29.4 Å². The van der Waals surface area contributed by atoms with Crippen molar-refractivity contribution in [1.82, 2.24) is 35.4 Å². The van der Waals surface area contributed by atoms with Gasteiger partial charge in [0.25, 0.3) is 11.8 Å². The number of amides is 3. The number of tetrazole rings is 1. The molecule has 0 saturated carbocycles. The van der Waals surface area contributed by atoms with Crippen LogP contribution in [-0.4, -0.2) is 94.6 Å². The van der Waals surface area contributed by atoms with Crippen molar-refractivity contribution in [1.29, 1.82) is 0 Å². The lowest BCUT2D eigenvalue weighted by molar-refractivity contribution is -0.150. The Labute approximate surface area is 227 Å². The monoisotopic (exact) mass is 579 g/mol. The average molecular weight is 580 g/mol. The highest BCUT2D eigenvalue weighted by Gasteiger charge is 2.54. The zero-order chi connectivity index (χ0) is 27.2. The molecule has 3 amide bonds. The summed E-state index contributed by atoms with van der Waals surface area (Å²) in [7, 11) is 0. The number of nitrogens with one attached hydrogen (secondary N) is 2. The van der Waals surface area contributed by atoms with Gasteiger partial charge in [0.2, 0.25) is 11.6 Å². The molecular weight excluding hydrogens is 558 g/mol. The number of thiazole rings is 1. The first-order chi connectivity index (χ1) is 18.4. The second-order valence-electron chi connectivity index (χ2n) is 7.50. The predicted molar refractivity (Wildman–Crippen MR) is 138 cm³/mol. The molecule has 2 aromatic rings. The number of carboxylic acids is 1. The number of oxime groups is 1. The minimum absolute atomic E-state index is 0.119. The van der Waals surface area contributed by atoms with Crippen molar-refractivity contribution in [2.45, 2.75) is 30.0 Å². The van der Waals surface area contributed by atoms with Gasteiger partial charge in [-0.05, 0) is 22.9 Å². The Hall–Kier alpha value is -3.77. The number of carboxylic acid groups (broad SMARTS) is 1. The summed E-state index contributed by atoms with van der Waals surface area (Å²) in [6.07, 6.45) is 2.09. The van der Waals surface area contributed by atoms with E-state index in [1.54, 1.807) is 13.0 Å². The van der Waals surface area contributed by atoms with Gasteiger partial charge in [0.1, 0.15) is 29.4 Å². The van der Waals surface area contributed by atoms with Crippen LogP contribution in [0.2, 0.25) is 0 Å². The second kappa shape index (κ2) is 12.2. The van der Waals surface area contributed by atoms with Gasteiger partial charge in [-0.25, -0.2) is 14.5 Å². The van der Waals surface area contributed by atoms with Crippen LogP contribution in [0.4, 0.5) is 5.13 Å². The number of nitrogens with zero attached hydrogens (tertiary/aromatic N) is 7. The maximum atomic E-state index is 13.1. The number of allylic oxidation sites excluding steroid dienone is 1. The zero-order valence-electron chi connectivity index (χ0n) is 19.8. The summed E-state index contributed by atoms with van der Waals surface area (Å²) < 4.78 is 1.53. The lowest BCUT2D eigenvalue weighted by atomic mass is 10.0. The van der Waals surface area contributed by atoms with Gasteiger partial charge >= 0.3 is 5.97 Å². The number of hydrogen-bond donors (Lipinski definition) is 3. The number of hydrogen-bond acceptors (Lipinski definition) is 13. The van der Waals surface area contributed by atoms with E-state index < -0.39 is 29.2 Å². The van der Waals surface area contributed by atoms with Crippen LogP contribution in [0.15, 0.2) is 39.6 Å². The molecule has 0 bridgehead atoms. The van der Waals surface area contributed by atoms with Gasteiger partial charge in [-0.1, -0.05) is 23.0 Å². The molecule has 0 radical (unpaired) electrons. The van der Waals surface area contributed by atoms with Gasteiger partial charge in [-0.2, -0.15) is 0 Å². The normalized spacial score (nSPS) is 18.9. The molecule has 0 aliphatic carbocycles. The van der Waals surface area contributed by atoms with Crippen LogP contribution in [-0.2, 0) is 30.6 Å². The fourth-order valence-corrected chi connectivity index (χ4v) is 6.55. The lowest BCUT2D eigenvalue weighted by Gasteiger charge is -2.49. The number of aromatic nitrogens is 5. The van der Waals surface area contributed by atoms with Crippen LogP contribution >= 0.6 is 34.9 Å². The van der Waals surface area contributed by atoms with Crippen molar-refractivity contribution in [3.8, 4) is 0 Å². The van der Waals surface area contributed by atoms with Crippen LogP contribution in [0, 0.1) is 0 Å². The Morgan fingerprint density at radius 3 is 2.97 bits per heavy atom. The molecule has 200 valence electrons. The van der Waals surface area contributed by atoms with E-state index in [4.69, 9.17) is 4.84 Å². The third-order valence-corrected chi connectivity index (χ3v) is 8.30. The van der Waals surface area contributed by atoms with E-state index in [0.717, 1.165) is 11.3 Å². The zero-order valence-corrected chi connectivity index (χ0v) is 22.2. The number of fused-ring (bicyclic) bond motifs is 1. The van der Waals surface area contributed by atoms with E-state index in [1.807, 2.05) is 0 Å². The molecule has 1 unspecified atom stereocenters. The molecule has 18 heteroatoms. The third-order valence-electron chi connectivity index (χ3n) is 5.14. The van der Waals surface area contributed by atoms with Crippen LogP contribution in [0.1, 0.15) is 12.6 Å². The smallest absolute Gasteiger partial charge is 0.352 e. The average Bonchev–Trinajstić information content (AvgIpc) is 3.55. The Balaban J connectivity index is 1.48.